The molecule has 1 aromatic carbocycles. The minimum absolute atomic E-state index is 0.193. The first-order valence-electron chi connectivity index (χ1n) is 7.08. The van der Waals surface area contributed by atoms with Crippen molar-refractivity contribution < 1.29 is 18.3 Å². The average Bonchev–Trinajstić information content (AvgIpc) is 2.92. The van der Waals surface area contributed by atoms with Crippen LogP contribution >= 0.6 is 11.3 Å². The van der Waals surface area contributed by atoms with Crippen LogP contribution in [0.1, 0.15) is 16.5 Å². The molecule has 0 radical (unpaired) electrons. The zero-order chi connectivity index (χ0) is 16.4. The summed E-state index contributed by atoms with van der Waals surface area (Å²) in [5, 5.41) is 3.23. The molecule has 2 aromatic rings. The van der Waals surface area contributed by atoms with E-state index < -0.39 is 17.7 Å². The van der Waals surface area contributed by atoms with E-state index in [9.17, 15) is 13.6 Å². The van der Waals surface area contributed by atoms with E-state index in [0.717, 1.165) is 10.9 Å². The number of hydrogen-bond donors (Lipinski definition) is 1. The summed E-state index contributed by atoms with van der Waals surface area (Å²) in [6.07, 6.45) is 1.06. The molecular formula is C15H15F2N3O2S. The minimum atomic E-state index is -0.673. The number of urea groups is 1. The standard InChI is InChI=1S/C15H15F2N3O2S/c1-9-7-18-14(23-9)19-15(21)20-4-5-22-13(8-20)11-3-2-10(16)6-12(11)17/h2-3,6-7,13H,4-5,8H2,1H3,(H,18,19,21). The molecular weight excluding hydrogens is 324 g/mol. The van der Waals surface area contributed by atoms with Crippen molar-refractivity contribution in [1.29, 1.82) is 0 Å². The number of amides is 2. The van der Waals surface area contributed by atoms with Crippen LogP contribution in [0, 0.1) is 18.6 Å². The van der Waals surface area contributed by atoms with E-state index in [0.29, 0.717) is 11.7 Å². The van der Waals surface area contributed by atoms with Crippen LogP contribution in [0.3, 0.4) is 0 Å². The van der Waals surface area contributed by atoms with Gasteiger partial charge in [-0.25, -0.2) is 18.6 Å². The quantitative estimate of drug-likeness (QED) is 0.913. The van der Waals surface area contributed by atoms with Crippen LogP contribution in [0.25, 0.3) is 0 Å². The second kappa shape index (κ2) is 6.59. The molecule has 1 aromatic heterocycles. The molecule has 1 N–H and O–H groups in total. The van der Waals surface area contributed by atoms with Crippen LogP contribution in [0.2, 0.25) is 0 Å². The second-order valence-electron chi connectivity index (χ2n) is 5.18. The van der Waals surface area contributed by atoms with Gasteiger partial charge in [-0.15, -0.1) is 11.3 Å². The Labute approximate surface area is 135 Å². The maximum absolute atomic E-state index is 13.9. The first-order chi connectivity index (χ1) is 11.0. The van der Waals surface area contributed by atoms with Crippen LogP contribution in [0.15, 0.2) is 24.4 Å². The van der Waals surface area contributed by atoms with Gasteiger partial charge in [0.05, 0.1) is 13.2 Å². The smallest absolute Gasteiger partial charge is 0.323 e. The molecule has 3 rings (SSSR count). The number of rotatable bonds is 2. The van der Waals surface area contributed by atoms with Gasteiger partial charge in [0, 0.05) is 29.2 Å². The monoisotopic (exact) mass is 339 g/mol. The van der Waals surface area contributed by atoms with E-state index in [4.69, 9.17) is 4.74 Å². The summed E-state index contributed by atoms with van der Waals surface area (Å²) in [6.45, 7) is 2.77. The molecule has 23 heavy (non-hydrogen) atoms. The SMILES string of the molecule is Cc1cnc(NC(=O)N2CCOC(c3ccc(F)cc3F)C2)s1. The molecule has 2 heterocycles. The highest BCUT2D eigenvalue weighted by molar-refractivity contribution is 7.15. The summed E-state index contributed by atoms with van der Waals surface area (Å²) in [4.78, 5) is 18.9. The third-order valence-electron chi connectivity index (χ3n) is 3.50. The number of nitrogens with one attached hydrogen (secondary N) is 1. The highest BCUT2D eigenvalue weighted by Crippen LogP contribution is 2.26. The van der Waals surface area contributed by atoms with Crippen LogP contribution in [0.4, 0.5) is 18.7 Å². The predicted molar refractivity (Wildman–Crippen MR) is 82.5 cm³/mol. The van der Waals surface area contributed by atoms with Crippen LogP contribution in [0.5, 0.6) is 0 Å². The molecule has 1 fully saturated rings. The Kier molecular flexibility index (Phi) is 4.53. The van der Waals surface area contributed by atoms with Crippen molar-refractivity contribution in [3.8, 4) is 0 Å². The zero-order valence-electron chi connectivity index (χ0n) is 12.4. The number of nitrogens with zero attached hydrogens (tertiary/aromatic N) is 2. The van der Waals surface area contributed by atoms with Crippen LogP contribution in [-0.2, 0) is 4.74 Å². The van der Waals surface area contributed by atoms with Crippen molar-refractivity contribution in [2.24, 2.45) is 0 Å². The van der Waals surface area contributed by atoms with Gasteiger partial charge in [0.25, 0.3) is 0 Å². The molecule has 1 aliphatic rings. The van der Waals surface area contributed by atoms with Crippen molar-refractivity contribution in [2.75, 3.05) is 25.0 Å². The lowest BCUT2D eigenvalue weighted by Gasteiger charge is -2.33. The summed E-state index contributed by atoms with van der Waals surface area (Å²) < 4.78 is 32.4. The van der Waals surface area contributed by atoms with Gasteiger partial charge in [-0.05, 0) is 13.0 Å². The summed E-state index contributed by atoms with van der Waals surface area (Å²) in [6, 6.07) is 3.03. The second-order valence-corrected chi connectivity index (χ2v) is 6.41. The Morgan fingerprint density at radius 3 is 3.00 bits per heavy atom. The lowest BCUT2D eigenvalue weighted by molar-refractivity contribution is -0.0152. The Morgan fingerprint density at radius 1 is 1.48 bits per heavy atom. The third-order valence-corrected chi connectivity index (χ3v) is 4.33. The van der Waals surface area contributed by atoms with Crippen molar-refractivity contribution in [1.82, 2.24) is 9.88 Å². The number of halogens is 2. The molecule has 0 aliphatic carbocycles. The van der Waals surface area contributed by atoms with Gasteiger partial charge in [-0.3, -0.25) is 5.32 Å². The number of aromatic nitrogens is 1. The largest absolute Gasteiger partial charge is 0.370 e. The van der Waals surface area contributed by atoms with Gasteiger partial charge in [-0.2, -0.15) is 0 Å². The highest BCUT2D eigenvalue weighted by Gasteiger charge is 2.27. The zero-order valence-corrected chi connectivity index (χ0v) is 13.2. The van der Waals surface area contributed by atoms with E-state index >= 15 is 0 Å². The van der Waals surface area contributed by atoms with E-state index in [1.807, 2.05) is 6.92 Å². The Balaban J connectivity index is 1.69. The number of carbonyl (C=O) groups is 1. The van der Waals surface area contributed by atoms with Gasteiger partial charge in [0.2, 0.25) is 0 Å². The molecule has 5 nitrogen and oxygen atoms in total. The number of anilines is 1. The maximum atomic E-state index is 13.9. The molecule has 122 valence electrons. The Morgan fingerprint density at radius 2 is 2.30 bits per heavy atom. The fourth-order valence-electron chi connectivity index (χ4n) is 2.37. The number of thiazole rings is 1. The normalized spacial score (nSPS) is 18.0. The number of carbonyl (C=O) groups excluding carboxylic acids is 1. The molecule has 0 spiro atoms. The lowest BCUT2D eigenvalue weighted by atomic mass is 10.1. The molecule has 8 heteroatoms. The lowest BCUT2D eigenvalue weighted by Crippen LogP contribution is -2.44. The van der Waals surface area contributed by atoms with Crippen molar-refractivity contribution in [3.05, 3.63) is 46.5 Å². The summed E-state index contributed by atoms with van der Waals surface area (Å²) in [5.74, 6) is -1.32. The van der Waals surface area contributed by atoms with Gasteiger partial charge < -0.3 is 9.64 Å². The predicted octanol–water partition coefficient (Wildman–Crippen LogP) is 3.34. The number of aryl methyl sites for hydroxylation is 1. The van der Waals surface area contributed by atoms with Crippen molar-refractivity contribution in [3.63, 3.8) is 0 Å². The van der Waals surface area contributed by atoms with Gasteiger partial charge in [0.1, 0.15) is 17.7 Å². The number of morpholine rings is 1. The highest BCUT2D eigenvalue weighted by atomic mass is 32.1. The molecule has 2 amide bonds. The summed E-state index contributed by atoms with van der Waals surface area (Å²) in [5.41, 5.74) is 0.244. The Hall–Kier alpha value is -2.06. The number of benzene rings is 1. The van der Waals surface area contributed by atoms with E-state index in [1.54, 1.807) is 6.20 Å². The van der Waals surface area contributed by atoms with E-state index in [-0.39, 0.29) is 24.7 Å². The van der Waals surface area contributed by atoms with Crippen LogP contribution in [-0.4, -0.2) is 35.6 Å². The fraction of sp³-hybridized carbons (Fsp3) is 0.333. The number of hydrogen-bond acceptors (Lipinski definition) is 4. The molecule has 0 bridgehead atoms. The first-order valence-corrected chi connectivity index (χ1v) is 7.89. The van der Waals surface area contributed by atoms with Crippen molar-refractivity contribution >= 4 is 22.5 Å². The van der Waals surface area contributed by atoms with Gasteiger partial charge in [0.15, 0.2) is 5.13 Å². The molecule has 1 atom stereocenters. The molecule has 1 aliphatic heterocycles. The average molecular weight is 339 g/mol. The molecule has 1 saturated heterocycles. The fourth-order valence-corrected chi connectivity index (χ4v) is 3.02. The van der Waals surface area contributed by atoms with Crippen molar-refractivity contribution in [2.45, 2.75) is 13.0 Å². The topological polar surface area (TPSA) is 54.5 Å². The molecule has 0 saturated carbocycles. The minimum Gasteiger partial charge on any atom is -0.370 e. The van der Waals surface area contributed by atoms with Crippen LogP contribution < -0.4 is 5.32 Å². The first kappa shape index (κ1) is 15.8. The van der Waals surface area contributed by atoms with E-state index in [2.05, 4.69) is 10.3 Å². The summed E-state index contributed by atoms with van der Waals surface area (Å²) >= 11 is 1.38. The third kappa shape index (κ3) is 3.65. The van der Waals surface area contributed by atoms with Gasteiger partial charge >= 0.3 is 6.03 Å². The Bertz CT molecular complexity index is 722. The number of ether oxygens (including phenoxy) is 1. The molecule has 1 unspecified atom stereocenters. The maximum Gasteiger partial charge on any atom is 0.323 e. The van der Waals surface area contributed by atoms with E-state index in [1.165, 1.54) is 28.4 Å². The summed E-state index contributed by atoms with van der Waals surface area (Å²) in [7, 11) is 0. The van der Waals surface area contributed by atoms with Gasteiger partial charge in [-0.1, -0.05) is 6.07 Å².